The maximum Gasteiger partial charge on any atom is 0.317 e. The SMILES string of the molecule is O=C(O)CNCc1nnc(-c2ccccc2Cl)o1. The van der Waals surface area contributed by atoms with Crippen molar-refractivity contribution in [3.63, 3.8) is 0 Å². The number of carbonyl (C=O) groups is 1. The number of aliphatic carboxylic acids is 1. The first kappa shape index (κ1) is 12.5. The molecule has 94 valence electrons. The van der Waals surface area contributed by atoms with Crippen molar-refractivity contribution in [2.75, 3.05) is 6.54 Å². The molecular weight excluding hydrogens is 258 g/mol. The van der Waals surface area contributed by atoms with E-state index in [1.54, 1.807) is 18.2 Å². The Morgan fingerprint density at radius 3 is 2.89 bits per heavy atom. The number of carboxylic acid groups (broad SMARTS) is 1. The smallest absolute Gasteiger partial charge is 0.317 e. The standard InChI is InChI=1S/C11H10ClN3O3/c12-8-4-2-1-3-7(8)11-15-14-9(18-11)5-13-6-10(16)17/h1-4,13H,5-6H2,(H,16,17). The molecule has 1 heterocycles. The first-order chi connectivity index (χ1) is 8.66. The number of hydrogen-bond acceptors (Lipinski definition) is 5. The first-order valence-electron chi connectivity index (χ1n) is 5.16. The first-order valence-corrected chi connectivity index (χ1v) is 5.54. The van der Waals surface area contributed by atoms with Gasteiger partial charge in [-0.05, 0) is 12.1 Å². The van der Waals surface area contributed by atoms with Crippen molar-refractivity contribution >= 4 is 17.6 Å². The maximum absolute atomic E-state index is 10.3. The molecule has 0 atom stereocenters. The number of halogens is 1. The molecule has 2 aromatic rings. The van der Waals surface area contributed by atoms with Crippen molar-refractivity contribution in [3.8, 4) is 11.5 Å². The lowest BCUT2D eigenvalue weighted by atomic mass is 10.2. The summed E-state index contributed by atoms with van der Waals surface area (Å²) in [6.07, 6.45) is 0. The lowest BCUT2D eigenvalue weighted by Gasteiger charge is -1.97. The Kier molecular flexibility index (Phi) is 3.91. The molecule has 0 saturated carbocycles. The summed E-state index contributed by atoms with van der Waals surface area (Å²) in [7, 11) is 0. The van der Waals surface area contributed by atoms with Crippen LogP contribution in [0.4, 0.5) is 0 Å². The Balaban J connectivity index is 2.06. The molecule has 0 spiro atoms. The van der Waals surface area contributed by atoms with Gasteiger partial charge in [-0.25, -0.2) is 0 Å². The van der Waals surface area contributed by atoms with E-state index in [0.717, 1.165) is 0 Å². The molecule has 0 fully saturated rings. The third kappa shape index (κ3) is 3.06. The summed E-state index contributed by atoms with van der Waals surface area (Å²) in [4.78, 5) is 10.3. The van der Waals surface area contributed by atoms with Crippen LogP contribution in [-0.2, 0) is 11.3 Å². The molecule has 0 aliphatic carbocycles. The maximum atomic E-state index is 10.3. The predicted molar refractivity (Wildman–Crippen MR) is 64.1 cm³/mol. The van der Waals surface area contributed by atoms with Crippen LogP contribution in [0.15, 0.2) is 28.7 Å². The Morgan fingerprint density at radius 2 is 2.17 bits per heavy atom. The molecule has 1 aromatic carbocycles. The number of carboxylic acids is 1. The highest BCUT2D eigenvalue weighted by Crippen LogP contribution is 2.25. The normalized spacial score (nSPS) is 10.5. The van der Waals surface area contributed by atoms with Crippen LogP contribution in [0.1, 0.15) is 5.89 Å². The van der Waals surface area contributed by atoms with Gasteiger partial charge in [-0.15, -0.1) is 10.2 Å². The van der Waals surface area contributed by atoms with Gasteiger partial charge in [0.15, 0.2) is 0 Å². The van der Waals surface area contributed by atoms with Gasteiger partial charge in [-0.3, -0.25) is 10.1 Å². The fraction of sp³-hybridized carbons (Fsp3) is 0.182. The minimum absolute atomic E-state index is 0.163. The molecule has 0 aliphatic rings. The van der Waals surface area contributed by atoms with Crippen LogP contribution in [0.5, 0.6) is 0 Å². The third-order valence-corrected chi connectivity index (χ3v) is 2.45. The van der Waals surface area contributed by atoms with E-state index in [2.05, 4.69) is 15.5 Å². The number of aromatic nitrogens is 2. The topological polar surface area (TPSA) is 88.2 Å². The van der Waals surface area contributed by atoms with Gasteiger partial charge in [0.1, 0.15) is 0 Å². The number of rotatable bonds is 5. The molecule has 0 aliphatic heterocycles. The van der Waals surface area contributed by atoms with Gasteiger partial charge in [0.25, 0.3) is 0 Å². The van der Waals surface area contributed by atoms with Crippen LogP contribution in [0.3, 0.4) is 0 Å². The highest BCUT2D eigenvalue weighted by molar-refractivity contribution is 6.33. The minimum Gasteiger partial charge on any atom is -0.480 e. The average molecular weight is 268 g/mol. The average Bonchev–Trinajstić information content (AvgIpc) is 2.78. The highest BCUT2D eigenvalue weighted by Gasteiger charge is 2.11. The molecule has 0 saturated heterocycles. The number of hydrogen-bond donors (Lipinski definition) is 2. The summed E-state index contributed by atoms with van der Waals surface area (Å²) in [5, 5.41) is 19.3. The highest BCUT2D eigenvalue weighted by atomic mass is 35.5. The molecule has 0 amide bonds. The number of nitrogens with zero attached hydrogens (tertiary/aromatic N) is 2. The summed E-state index contributed by atoms with van der Waals surface area (Å²) < 4.78 is 5.37. The van der Waals surface area contributed by atoms with E-state index in [0.29, 0.717) is 22.4 Å². The second kappa shape index (κ2) is 5.61. The van der Waals surface area contributed by atoms with E-state index in [-0.39, 0.29) is 13.1 Å². The lowest BCUT2D eigenvalue weighted by Crippen LogP contribution is -2.21. The second-order valence-electron chi connectivity index (χ2n) is 3.48. The fourth-order valence-corrected chi connectivity index (χ4v) is 1.56. The third-order valence-electron chi connectivity index (χ3n) is 2.12. The van der Waals surface area contributed by atoms with Gasteiger partial charge in [-0.2, -0.15) is 0 Å². The summed E-state index contributed by atoms with van der Waals surface area (Å²) in [5.41, 5.74) is 0.649. The zero-order valence-corrected chi connectivity index (χ0v) is 10.0. The van der Waals surface area contributed by atoms with E-state index in [4.69, 9.17) is 21.1 Å². The van der Waals surface area contributed by atoms with Crippen molar-refractivity contribution < 1.29 is 14.3 Å². The zero-order valence-electron chi connectivity index (χ0n) is 9.26. The monoisotopic (exact) mass is 267 g/mol. The van der Waals surface area contributed by atoms with Crippen LogP contribution in [0, 0.1) is 0 Å². The summed E-state index contributed by atoms with van der Waals surface area (Å²) in [6, 6.07) is 7.11. The van der Waals surface area contributed by atoms with Gasteiger partial charge < -0.3 is 9.52 Å². The summed E-state index contributed by atoms with van der Waals surface area (Å²) >= 11 is 5.99. The molecule has 0 bridgehead atoms. The van der Waals surface area contributed by atoms with Crippen molar-refractivity contribution in [2.24, 2.45) is 0 Å². The van der Waals surface area contributed by atoms with E-state index in [9.17, 15) is 4.79 Å². The minimum atomic E-state index is -0.944. The van der Waals surface area contributed by atoms with Gasteiger partial charge in [0, 0.05) is 0 Å². The van der Waals surface area contributed by atoms with Gasteiger partial charge in [0.05, 0.1) is 23.7 Å². The van der Waals surface area contributed by atoms with Crippen LogP contribution in [0.2, 0.25) is 5.02 Å². The molecule has 1 aromatic heterocycles. The molecule has 18 heavy (non-hydrogen) atoms. The van der Waals surface area contributed by atoms with Gasteiger partial charge >= 0.3 is 5.97 Å². The Morgan fingerprint density at radius 1 is 1.39 bits per heavy atom. The largest absolute Gasteiger partial charge is 0.480 e. The van der Waals surface area contributed by atoms with Crippen LogP contribution < -0.4 is 5.32 Å². The van der Waals surface area contributed by atoms with Gasteiger partial charge in [-0.1, -0.05) is 23.7 Å². The van der Waals surface area contributed by atoms with E-state index in [1.165, 1.54) is 0 Å². The lowest BCUT2D eigenvalue weighted by molar-refractivity contribution is -0.136. The zero-order chi connectivity index (χ0) is 13.0. The molecule has 2 rings (SSSR count). The van der Waals surface area contributed by atoms with Crippen molar-refractivity contribution in [2.45, 2.75) is 6.54 Å². The molecule has 7 heteroatoms. The Bertz CT molecular complexity index is 556. The van der Waals surface area contributed by atoms with Crippen molar-refractivity contribution in [1.82, 2.24) is 15.5 Å². The molecular formula is C11H10ClN3O3. The van der Waals surface area contributed by atoms with E-state index >= 15 is 0 Å². The predicted octanol–water partition coefficient (Wildman–Crippen LogP) is 1.56. The van der Waals surface area contributed by atoms with Crippen LogP contribution >= 0.6 is 11.6 Å². The van der Waals surface area contributed by atoms with Crippen molar-refractivity contribution in [3.05, 3.63) is 35.2 Å². The van der Waals surface area contributed by atoms with E-state index in [1.807, 2.05) is 6.07 Å². The summed E-state index contributed by atoms with van der Waals surface area (Å²) in [5.74, 6) is -0.320. The molecule has 6 nitrogen and oxygen atoms in total. The van der Waals surface area contributed by atoms with Gasteiger partial charge in [0.2, 0.25) is 11.8 Å². The Labute approximate surface area is 108 Å². The quantitative estimate of drug-likeness (QED) is 0.855. The van der Waals surface area contributed by atoms with Crippen LogP contribution in [0.25, 0.3) is 11.5 Å². The Hall–Kier alpha value is -1.92. The van der Waals surface area contributed by atoms with E-state index < -0.39 is 5.97 Å². The molecule has 0 unspecified atom stereocenters. The molecule has 2 N–H and O–H groups in total. The molecule has 0 radical (unpaired) electrons. The second-order valence-corrected chi connectivity index (χ2v) is 3.89. The number of nitrogens with one attached hydrogen (secondary N) is 1. The number of benzene rings is 1. The fourth-order valence-electron chi connectivity index (χ4n) is 1.34. The van der Waals surface area contributed by atoms with Crippen LogP contribution in [-0.4, -0.2) is 27.8 Å². The summed E-state index contributed by atoms with van der Waals surface area (Å²) in [6.45, 7) is 0.0353. The van der Waals surface area contributed by atoms with Crippen molar-refractivity contribution in [1.29, 1.82) is 0 Å².